The zero-order chi connectivity index (χ0) is 27.6. The summed E-state index contributed by atoms with van der Waals surface area (Å²) in [6.07, 6.45) is 3.44. The Balaban J connectivity index is 1.22. The Morgan fingerprint density at radius 1 is 1.13 bits per heavy atom. The van der Waals surface area contributed by atoms with Crippen molar-refractivity contribution in [1.82, 2.24) is 9.29 Å². The lowest BCUT2D eigenvalue weighted by molar-refractivity contribution is -0.122. The number of hydrogen-bond donors (Lipinski definition) is 0. The molecule has 0 bridgehead atoms. The van der Waals surface area contributed by atoms with Gasteiger partial charge in [0.05, 0.1) is 6.04 Å². The number of carbonyl (C=O) groups is 1. The number of rotatable bonds is 10. The molecule has 1 aliphatic heterocycles. The van der Waals surface area contributed by atoms with E-state index in [1.165, 1.54) is 28.6 Å². The van der Waals surface area contributed by atoms with Gasteiger partial charge < -0.3 is 14.1 Å². The van der Waals surface area contributed by atoms with Crippen LogP contribution < -0.4 is 9.64 Å². The second kappa shape index (κ2) is 11.2. The van der Waals surface area contributed by atoms with Crippen molar-refractivity contribution in [1.29, 1.82) is 0 Å². The summed E-state index contributed by atoms with van der Waals surface area (Å²) >= 11 is 0. The third-order valence-electron chi connectivity index (χ3n) is 6.83. The van der Waals surface area contributed by atoms with Crippen LogP contribution in [0.1, 0.15) is 30.4 Å². The molecular weight excluding hydrogens is 521 g/mol. The van der Waals surface area contributed by atoms with Crippen molar-refractivity contribution in [2.45, 2.75) is 43.4 Å². The number of anilines is 1. The summed E-state index contributed by atoms with van der Waals surface area (Å²) in [6.45, 7) is 0.618. The molecule has 0 aliphatic carbocycles. The largest absolute Gasteiger partial charge is 0.489 e. The quantitative estimate of drug-likeness (QED) is 0.275. The normalized spacial score (nSPS) is 16.0. The highest BCUT2D eigenvalue weighted by atomic mass is 32.2. The van der Waals surface area contributed by atoms with Gasteiger partial charge in [0.15, 0.2) is 5.78 Å². The van der Waals surface area contributed by atoms with Crippen molar-refractivity contribution >= 4 is 32.6 Å². The highest BCUT2D eigenvalue weighted by Crippen LogP contribution is 2.31. The molecule has 5 rings (SSSR count). The second-order valence-electron chi connectivity index (χ2n) is 9.84. The summed E-state index contributed by atoms with van der Waals surface area (Å²) in [5.41, 5.74) is 2.20. The number of ether oxygens (including phenoxy) is 1. The first-order valence-corrected chi connectivity index (χ1v) is 14.2. The van der Waals surface area contributed by atoms with Gasteiger partial charge in [0, 0.05) is 44.7 Å². The Morgan fingerprint density at radius 3 is 2.79 bits per heavy atom. The van der Waals surface area contributed by atoms with Crippen LogP contribution in [-0.2, 0) is 27.8 Å². The van der Waals surface area contributed by atoms with Gasteiger partial charge in [0.1, 0.15) is 29.6 Å². The minimum Gasteiger partial charge on any atom is -0.489 e. The fourth-order valence-corrected chi connectivity index (χ4v) is 6.40. The molecule has 2 aromatic carbocycles. The summed E-state index contributed by atoms with van der Waals surface area (Å²) in [4.78, 5) is 19.4. The maximum Gasteiger partial charge on any atom is 0.277 e. The maximum atomic E-state index is 13.6. The molecule has 1 fully saturated rings. The first-order chi connectivity index (χ1) is 18.7. The van der Waals surface area contributed by atoms with Crippen molar-refractivity contribution in [3.05, 3.63) is 83.8 Å². The van der Waals surface area contributed by atoms with Crippen molar-refractivity contribution in [2.75, 3.05) is 25.5 Å². The van der Waals surface area contributed by atoms with Crippen molar-refractivity contribution in [3.8, 4) is 5.75 Å². The van der Waals surface area contributed by atoms with E-state index in [0.717, 1.165) is 16.9 Å². The van der Waals surface area contributed by atoms with Gasteiger partial charge in [0.2, 0.25) is 5.09 Å². The van der Waals surface area contributed by atoms with E-state index in [4.69, 9.17) is 9.15 Å². The average molecular weight is 552 g/mol. The molecule has 39 heavy (non-hydrogen) atoms. The number of pyridine rings is 1. The van der Waals surface area contributed by atoms with Gasteiger partial charge >= 0.3 is 0 Å². The molecule has 4 aromatic rings. The first-order valence-electron chi connectivity index (χ1n) is 12.8. The number of fused-ring (bicyclic) bond motifs is 1. The van der Waals surface area contributed by atoms with Gasteiger partial charge in [-0.05, 0) is 72.9 Å². The number of Topliss-reactive ketones (excluding diaryl/α,β-unsaturated/α-hetero) is 1. The zero-order valence-corrected chi connectivity index (χ0v) is 22.7. The van der Waals surface area contributed by atoms with Crippen LogP contribution in [0.5, 0.6) is 5.75 Å². The second-order valence-corrected chi connectivity index (χ2v) is 11.7. The maximum absolute atomic E-state index is 13.6. The van der Waals surface area contributed by atoms with Gasteiger partial charge in [-0.2, -0.15) is 4.31 Å². The molecule has 10 heteroatoms. The highest BCUT2D eigenvalue weighted by molar-refractivity contribution is 7.89. The van der Waals surface area contributed by atoms with E-state index >= 15 is 0 Å². The molecule has 2 aromatic heterocycles. The van der Waals surface area contributed by atoms with E-state index in [2.05, 4.69) is 4.98 Å². The SMILES string of the molecule is CN(C)c1cc(COc2cccc(CCC(=O)[C@@H]3CCCN3S(=O)(=O)c3cc4cc(F)ccc4o3)c2)ccn1. The smallest absolute Gasteiger partial charge is 0.277 e. The van der Waals surface area contributed by atoms with Gasteiger partial charge in [0.25, 0.3) is 10.0 Å². The Labute approximate surface area is 227 Å². The lowest BCUT2D eigenvalue weighted by Gasteiger charge is -2.21. The van der Waals surface area contributed by atoms with E-state index < -0.39 is 21.9 Å². The molecule has 0 unspecified atom stereocenters. The fraction of sp³-hybridized carbons (Fsp3) is 0.310. The van der Waals surface area contributed by atoms with Crippen LogP contribution in [0.3, 0.4) is 0 Å². The fourth-order valence-electron chi connectivity index (χ4n) is 4.77. The van der Waals surface area contributed by atoms with Crippen LogP contribution >= 0.6 is 0 Å². The molecule has 1 atom stereocenters. The highest BCUT2D eigenvalue weighted by Gasteiger charge is 2.40. The molecule has 0 N–H and O–H groups in total. The number of carbonyl (C=O) groups excluding carboxylic acids is 1. The number of sulfonamides is 1. The number of ketones is 1. The Hall–Kier alpha value is -3.76. The minimum atomic E-state index is -4.04. The van der Waals surface area contributed by atoms with E-state index in [9.17, 15) is 17.6 Å². The van der Waals surface area contributed by atoms with Gasteiger partial charge in [-0.25, -0.2) is 17.8 Å². The number of benzene rings is 2. The van der Waals surface area contributed by atoms with E-state index in [1.807, 2.05) is 55.4 Å². The van der Waals surface area contributed by atoms with Crippen molar-refractivity contribution < 1.29 is 26.8 Å². The molecule has 1 saturated heterocycles. The molecule has 0 spiro atoms. The molecule has 0 radical (unpaired) electrons. The molecule has 204 valence electrons. The van der Waals surface area contributed by atoms with Crippen LogP contribution in [0.15, 0.2) is 76.4 Å². The van der Waals surface area contributed by atoms with Gasteiger partial charge in [-0.15, -0.1) is 0 Å². The standard InChI is InChI=1S/C29H30FN3O5S/c1-32(2)28-16-21(12-13-31-28)19-37-24-6-3-5-20(15-24)8-10-26(34)25-7-4-14-33(25)39(35,36)29-18-22-17-23(30)9-11-27(22)38-29/h3,5-6,9,11-13,15-18,25H,4,7-8,10,14,19H2,1-2H3/t25-/m0/s1. The van der Waals surface area contributed by atoms with E-state index in [0.29, 0.717) is 37.0 Å². The Bertz CT molecular complexity index is 1600. The topological polar surface area (TPSA) is 93.0 Å². The number of aromatic nitrogens is 1. The monoisotopic (exact) mass is 551 g/mol. The molecule has 3 heterocycles. The van der Waals surface area contributed by atoms with E-state index in [1.54, 1.807) is 6.20 Å². The van der Waals surface area contributed by atoms with E-state index in [-0.39, 0.29) is 29.4 Å². The predicted octanol–water partition coefficient (Wildman–Crippen LogP) is 4.97. The summed E-state index contributed by atoms with van der Waals surface area (Å²) in [5, 5.41) is 0.0827. The average Bonchev–Trinajstić information content (AvgIpc) is 3.59. The Morgan fingerprint density at radius 2 is 1.97 bits per heavy atom. The lowest BCUT2D eigenvalue weighted by atomic mass is 10.0. The molecular formula is C29H30FN3O5S. The summed E-state index contributed by atoms with van der Waals surface area (Å²) < 4.78 is 52.9. The number of aryl methyl sites for hydroxylation is 1. The third kappa shape index (κ3) is 5.97. The van der Waals surface area contributed by atoms with Crippen LogP contribution in [-0.4, -0.2) is 50.2 Å². The molecule has 1 aliphatic rings. The first kappa shape index (κ1) is 26.8. The van der Waals surface area contributed by atoms with Crippen LogP contribution in [0, 0.1) is 5.82 Å². The van der Waals surface area contributed by atoms with Crippen LogP contribution in [0.25, 0.3) is 11.0 Å². The van der Waals surface area contributed by atoms with Crippen molar-refractivity contribution in [3.63, 3.8) is 0 Å². The molecule has 8 nitrogen and oxygen atoms in total. The number of nitrogens with zero attached hydrogens (tertiary/aromatic N) is 3. The predicted molar refractivity (Wildman–Crippen MR) is 146 cm³/mol. The lowest BCUT2D eigenvalue weighted by Crippen LogP contribution is -2.40. The minimum absolute atomic E-state index is 0.141. The summed E-state index contributed by atoms with van der Waals surface area (Å²) in [6, 6.07) is 15.8. The number of furan rings is 1. The summed E-state index contributed by atoms with van der Waals surface area (Å²) in [5.74, 6) is 0.916. The number of hydrogen-bond acceptors (Lipinski definition) is 7. The van der Waals surface area contributed by atoms with Crippen LogP contribution in [0.2, 0.25) is 0 Å². The van der Waals surface area contributed by atoms with Crippen molar-refractivity contribution in [2.24, 2.45) is 0 Å². The molecule has 0 saturated carbocycles. The summed E-state index contributed by atoms with van der Waals surface area (Å²) in [7, 11) is -0.184. The van der Waals surface area contributed by atoms with Gasteiger partial charge in [-0.1, -0.05) is 12.1 Å². The number of halogens is 1. The Kier molecular flexibility index (Phi) is 7.67. The third-order valence-corrected chi connectivity index (χ3v) is 8.59. The zero-order valence-electron chi connectivity index (χ0n) is 21.8. The van der Waals surface area contributed by atoms with Crippen LogP contribution in [0.4, 0.5) is 10.2 Å². The van der Waals surface area contributed by atoms with Gasteiger partial charge in [-0.3, -0.25) is 4.79 Å². The molecule has 0 amide bonds.